The number of imidazole rings is 1. The maximum absolute atomic E-state index is 12.2. The molecule has 2 rings (SSSR count). The number of hydrogen-bond acceptors (Lipinski definition) is 4. The van der Waals surface area contributed by atoms with E-state index in [9.17, 15) is 13.5 Å². The molecule has 20 heavy (non-hydrogen) atoms. The van der Waals surface area contributed by atoms with Gasteiger partial charge in [-0.3, -0.25) is 4.72 Å². The smallest absolute Gasteiger partial charge is 0.279 e. The van der Waals surface area contributed by atoms with E-state index >= 15 is 0 Å². The van der Waals surface area contributed by atoms with Gasteiger partial charge in [0.1, 0.15) is 11.6 Å². The first-order chi connectivity index (χ1) is 9.33. The highest BCUT2D eigenvalue weighted by molar-refractivity contribution is 7.92. The third-order valence-corrected chi connectivity index (χ3v) is 4.19. The van der Waals surface area contributed by atoms with Gasteiger partial charge in [-0.1, -0.05) is 13.0 Å². The van der Waals surface area contributed by atoms with Crippen LogP contribution in [0.1, 0.15) is 23.9 Å². The Labute approximate surface area is 117 Å². The number of anilines is 1. The second-order valence-corrected chi connectivity index (χ2v) is 6.28. The summed E-state index contributed by atoms with van der Waals surface area (Å²) in [5.74, 6) is 0.518. The van der Waals surface area contributed by atoms with Crippen molar-refractivity contribution in [2.24, 2.45) is 0 Å². The number of aromatic hydroxyl groups is 1. The fourth-order valence-electron chi connectivity index (χ4n) is 1.90. The second kappa shape index (κ2) is 5.16. The Balaban J connectivity index is 2.38. The Kier molecular flexibility index (Phi) is 3.71. The summed E-state index contributed by atoms with van der Waals surface area (Å²) >= 11 is 0. The van der Waals surface area contributed by atoms with Crippen LogP contribution in [0.15, 0.2) is 23.4 Å². The summed E-state index contributed by atoms with van der Waals surface area (Å²) in [6.45, 7) is 5.42. The summed E-state index contributed by atoms with van der Waals surface area (Å²) in [4.78, 5) is 6.69. The highest BCUT2D eigenvalue weighted by atomic mass is 32.2. The minimum atomic E-state index is -3.79. The number of H-pyrrole nitrogens is 1. The zero-order valence-electron chi connectivity index (χ0n) is 11.6. The van der Waals surface area contributed by atoms with Crippen LogP contribution in [-0.2, 0) is 16.4 Å². The Morgan fingerprint density at radius 3 is 2.65 bits per heavy atom. The molecule has 0 atom stereocenters. The topological polar surface area (TPSA) is 95.1 Å². The number of hydrogen-bond donors (Lipinski definition) is 3. The molecule has 0 aliphatic heterocycles. The number of rotatable bonds is 4. The average molecular weight is 295 g/mol. The first kappa shape index (κ1) is 14.4. The molecule has 0 radical (unpaired) electrons. The lowest BCUT2D eigenvalue weighted by molar-refractivity contribution is 0.473. The number of phenols is 1. The average Bonchev–Trinajstić information content (AvgIpc) is 2.84. The summed E-state index contributed by atoms with van der Waals surface area (Å²) in [5, 5.41) is 9.91. The lowest BCUT2D eigenvalue weighted by atomic mass is 10.1. The van der Waals surface area contributed by atoms with Gasteiger partial charge in [-0.25, -0.2) is 4.98 Å². The molecule has 3 N–H and O–H groups in total. The Hall–Kier alpha value is -2.02. The predicted octanol–water partition coefficient (Wildman–Crippen LogP) is 2.10. The number of aromatic amines is 1. The normalized spacial score (nSPS) is 11.6. The van der Waals surface area contributed by atoms with E-state index in [1.54, 1.807) is 19.1 Å². The largest absolute Gasteiger partial charge is 0.505 e. The van der Waals surface area contributed by atoms with E-state index in [2.05, 4.69) is 14.7 Å². The minimum absolute atomic E-state index is 0.0205. The molecule has 1 heterocycles. The van der Waals surface area contributed by atoms with Crippen LogP contribution in [0, 0.1) is 13.8 Å². The molecule has 0 unspecified atom stereocenters. The maximum atomic E-state index is 12.2. The van der Waals surface area contributed by atoms with Gasteiger partial charge in [0.2, 0.25) is 0 Å². The van der Waals surface area contributed by atoms with Crippen molar-refractivity contribution >= 4 is 15.7 Å². The van der Waals surface area contributed by atoms with Gasteiger partial charge in [0, 0.05) is 6.42 Å². The maximum Gasteiger partial charge on any atom is 0.279 e. The fourth-order valence-corrected chi connectivity index (χ4v) is 2.90. The molecule has 7 heteroatoms. The van der Waals surface area contributed by atoms with Crippen LogP contribution in [0.25, 0.3) is 0 Å². The van der Waals surface area contributed by atoms with Crippen molar-refractivity contribution < 1.29 is 13.5 Å². The SMILES string of the molecule is CCc1ncc(S(=O)(=O)Nc2cc(C)cc(C)c2O)[nH]1. The Bertz CT molecular complexity index is 735. The molecule has 1 aromatic heterocycles. The molecule has 0 saturated carbocycles. The zero-order chi connectivity index (χ0) is 14.9. The van der Waals surface area contributed by atoms with Crippen molar-refractivity contribution in [1.29, 1.82) is 0 Å². The van der Waals surface area contributed by atoms with Gasteiger partial charge in [0.05, 0.1) is 11.9 Å². The number of nitrogens with one attached hydrogen (secondary N) is 2. The van der Waals surface area contributed by atoms with Crippen LogP contribution in [0.2, 0.25) is 0 Å². The first-order valence-corrected chi connectivity index (χ1v) is 7.68. The molecular weight excluding hydrogens is 278 g/mol. The van der Waals surface area contributed by atoms with Crippen molar-refractivity contribution in [2.75, 3.05) is 4.72 Å². The van der Waals surface area contributed by atoms with Crippen LogP contribution < -0.4 is 4.72 Å². The van der Waals surface area contributed by atoms with Crippen molar-refractivity contribution in [3.63, 3.8) is 0 Å². The van der Waals surface area contributed by atoms with Crippen LogP contribution in [0.4, 0.5) is 5.69 Å². The van der Waals surface area contributed by atoms with E-state index in [4.69, 9.17) is 0 Å². The minimum Gasteiger partial charge on any atom is -0.505 e. The molecule has 0 spiro atoms. The fraction of sp³-hybridized carbons (Fsp3) is 0.308. The van der Waals surface area contributed by atoms with Gasteiger partial charge >= 0.3 is 0 Å². The van der Waals surface area contributed by atoms with Crippen LogP contribution in [0.3, 0.4) is 0 Å². The zero-order valence-corrected chi connectivity index (χ0v) is 12.4. The van der Waals surface area contributed by atoms with Gasteiger partial charge in [0.15, 0.2) is 5.03 Å². The van der Waals surface area contributed by atoms with Crippen molar-refractivity contribution in [2.45, 2.75) is 32.2 Å². The number of sulfonamides is 1. The van der Waals surface area contributed by atoms with Gasteiger partial charge in [-0.2, -0.15) is 8.42 Å². The molecule has 6 nitrogen and oxygen atoms in total. The summed E-state index contributed by atoms with van der Waals surface area (Å²) in [6.07, 6.45) is 1.88. The number of phenolic OH excluding ortho intramolecular Hbond substituents is 1. The Morgan fingerprint density at radius 1 is 1.35 bits per heavy atom. The molecule has 0 aliphatic rings. The van der Waals surface area contributed by atoms with Crippen molar-refractivity contribution in [3.8, 4) is 5.75 Å². The van der Waals surface area contributed by atoms with E-state index in [-0.39, 0.29) is 16.5 Å². The third kappa shape index (κ3) is 2.77. The molecule has 0 bridgehead atoms. The molecular formula is C13H17N3O3S. The van der Waals surface area contributed by atoms with E-state index in [1.165, 1.54) is 6.20 Å². The van der Waals surface area contributed by atoms with Crippen molar-refractivity contribution in [1.82, 2.24) is 9.97 Å². The highest BCUT2D eigenvalue weighted by Gasteiger charge is 2.19. The van der Waals surface area contributed by atoms with Gasteiger partial charge < -0.3 is 10.1 Å². The third-order valence-electron chi connectivity index (χ3n) is 2.92. The summed E-state index contributed by atoms with van der Waals surface area (Å²) < 4.78 is 26.8. The van der Waals surface area contributed by atoms with Gasteiger partial charge in [-0.15, -0.1) is 0 Å². The molecule has 0 fully saturated rings. The molecule has 108 valence electrons. The molecule has 1 aromatic carbocycles. The van der Waals surface area contributed by atoms with Crippen LogP contribution in [0.5, 0.6) is 5.75 Å². The van der Waals surface area contributed by atoms with Gasteiger partial charge in [-0.05, 0) is 31.0 Å². The molecule has 0 saturated heterocycles. The standard InChI is InChI=1S/C13H17N3O3S/c1-4-11-14-7-12(15-11)20(18,19)16-10-6-8(2)5-9(3)13(10)17/h5-7,16-17H,4H2,1-3H3,(H,14,15). The number of aromatic nitrogens is 2. The molecule has 0 aliphatic carbocycles. The molecule has 2 aromatic rings. The number of benzene rings is 1. The summed E-state index contributed by atoms with van der Waals surface area (Å²) in [7, 11) is -3.79. The number of aryl methyl sites for hydroxylation is 3. The summed E-state index contributed by atoms with van der Waals surface area (Å²) in [5.41, 5.74) is 1.63. The Morgan fingerprint density at radius 2 is 2.05 bits per heavy atom. The van der Waals surface area contributed by atoms with E-state index < -0.39 is 10.0 Å². The lowest BCUT2D eigenvalue weighted by Gasteiger charge is -2.11. The lowest BCUT2D eigenvalue weighted by Crippen LogP contribution is -2.14. The van der Waals surface area contributed by atoms with E-state index in [0.717, 1.165) is 5.56 Å². The van der Waals surface area contributed by atoms with Crippen LogP contribution in [-0.4, -0.2) is 23.5 Å². The monoisotopic (exact) mass is 295 g/mol. The number of nitrogens with zero attached hydrogens (tertiary/aromatic N) is 1. The quantitative estimate of drug-likeness (QED) is 0.753. The van der Waals surface area contributed by atoms with E-state index in [1.807, 2.05) is 13.8 Å². The second-order valence-electron chi connectivity index (χ2n) is 4.63. The van der Waals surface area contributed by atoms with Crippen LogP contribution >= 0.6 is 0 Å². The predicted molar refractivity (Wildman–Crippen MR) is 76.4 cm³/mol. The van der Waals surface area contributed by atoms with Gasteiger partial charge in [0.25, 0.3) is 10.0 Å². The molecule has 0 amide bonds. The van der Waals surface area contributed by atoms with E-state index in [0.29, 0.717) is 17.8 Å². The first-order valence-electron chi connectivity index (χ1n) is 6.20. The highest BCUT2D eigenvalue weighted by Crippen LogP contribution is 2.30. The van der Waals surface area contributed by atoms with Crippen molar-refractivity contribution in [3.05, 3.63) is 35.3 Å². The summed E-state index contributed by atoms with van der Waals surface area (Å²) in [6, 6.07) is 3.36.